The number of rotatable bonds is 18. The molecule has 3 rings (SSSR count). The largest absolute Gasteiger partial charge is 0.494 e. The van der Waals surface area contributed by atoms with Gasteiger partial charge >= 0.3 is 13.7 Å². The van der Waals surface area contributed by atoms with E-state index in [9.17, 15) is 33.5 Å². The fourth-order valence-corrected chi connectivity index (χ4v) is 5.47. The van der Waals surface area contributed by atoms with Crippen molar-refractivity contribution >= 4 is 42.9 Å². The minimum Gasteiger partial charge on any atom is -0.494 e. The zero-order valence-corrected chi connectivity index (χ0v) is 27.4. The Bertz CT molecular complexity index is 1540. The maximum atomic E-state index is 13.4. The van der Waals surface area contributed by atoms with Crippen LogP contribution in [0.2, 0.25) is 0 Å². The van der Waals surface area contributed by atoms with Crippen LogP contribution >= 0.6 is 7.60 Å². The van der Waals surface area contributed by atoms with Crippen LogP contribution in [0.3, 0.4) is 0 Å². The van der Waals surface area contributed by atoms with Crippen molar-refractivity contribution in [2.24, 2.45) is 5.92 Å². The van der Waals surface area contributed by atoms with Crippen LogP contribution in [-0.2, 0) is 19.0 Å². The fourth-order valence-electron chi connectivity index (χ4n) is 4.87. The third kappa shape index (κ3) is 11.0. The number of hydrogen-bond acceptors (Lipinski definition) is 8. The van der Waals surface area contributed by atoms with Crippen molar-refractivity contribution in [1.82, 2.24) is 15.7 Å². The van der Waals surface area contributed by atoms with Crippen LogP contribution in [0.15, 0.2) is 65.1 Å². The molecule has 1 aromatic heterocycles. The van der Waals surface area contributed by atoms with E-state index in [0.717, 1.165) is 17.9 Å². The number of benzene rings is 2. The first-order chi connectivity index (χ1) is 22.5. The van der Waals surface area contributed by atoms with Crippen molar-refractivity contribution in [1.29, 1.82) is 0 Å². The lowest BCUT2D eigenvalue weighted by Crippen LogP contribution is -2.49. The molecule has 3 aromatic rings. The summed E-state index contributed by atoms with van der Waals surface area (Å²) in [5.74, 6) is -1.58. The number of amides is 4. The van der Waals surface area contributed by atoms with Gasteiger partial charge in [-0.25, -0.2) is 4.79 Å². The summed E-state index contributed by atoms with van der Waals surface area (Å²) in [5, 5.41) is 8.33. The molecule has 2 unspecified atom stereocenters. The number of unbranched alkanes of at least 4 members (excludes halogenated alkanes) is 2. The minimum absolute atomic E-state index is 0.107. The molecule has 2 atom stereocenters. The van der Waals surface area contributed by atoms with Gasteiger partial charge in [-0.3, -0.25) is 24.3 Å². The van der Waals surface area contributed by atoms with Crippen LogP contribution in [0.4, 0.5) is 10.5 Å². The first kappa shape index (κ1) is 36.8. The fraction of sp³-hybridized carbons (Fsp3) is 0.375. The lowest BCUT2D eigenvalue weighted by atomic mass is 9.90. The number of hydroxylamine groups is 2. The molecule has 0 bridgehead atoms. The van der Waals surface area contributed by atoms with Gasteiger partial charge in [-0.05, 0) is 62.2 Å². The summed E-state index contributed by atoms with van der Waals surface area (Å²) in [7, 11) is -4.60. The van der Waals surface area contributed by atoms with Gasteiger partial charge < -0.3 is 34.4 Å². The summed E-state index contributed by atoms with van der Waals surface area (Å²) in [6.07, 6.45) is 2.61. The molecule has 0 saturated heterocycles. The number of hydrogen-bond donors (Lipinski definition) is 5. The van der Waals surface area contributed by atoms with Gasteiger partial charge in [0.15, 0.2) is 5.76 Å². The van der Waals surface area contributed by atoms with Gasteiger partial charge in [0.1, 0.15) is 11.5 Å². The second-order valence-electron chi connectivity index (χ2n) is 10.5. The molecule has 2 aromatic carbocycles. The molecule has 15 heteroatoms. The summed E-state index contributed by atoms with van der Waals surface area (Å²) in [6, 6.07) is 14.7. The molecule has 0 aliphatic rings. The van der Waals surface area contributed by atoms with Gasteiger partial charge in [-0.2, -0.15) is 5.06 Å². The predicted octanol–water partition coefficient (Wildman–Crippen LogP) is 4.55. The highest BCUT2D eigenvalue weighted by atomic mass is 31.2. The molecule has 5 N–H and O–H groups in total. The number of para-hydroxylation sites is 1. The Balaban J connectivity index is 1.67. The van der Waals surface area contributed by atoms with Gasteiger partial charge in [0.25, 0.3) is 5.91 Å². The quantitative estimate of drug-likeness (QED) is 0.0420. The lowest BCUT2D eigenvalue weighted by Gasteiger charge is -2.31. The Hall–Kier alpha value is -4.65. The van der Waals surface area contributed by atoms with E-state index in [2.05, 4.69) is 16.0 Å². The molecule has 0 saturated carbocycles. The standard InChI is InChI=1S/C32H41N4O10P/c1-4-7-9-14-26(27(5-2)36(21-37)46-32(40)35-23-12-10-8-11-13-23)30(38)33-20-34-31(39)29-16-15-28(45-29)22-17-24(44-6-3)19-25(18-22)47(41,42)43/h8,10-13,15-19,21,26-27H,4-7,9,14,20H2,1-3H3,(H,33,38)(H,34,39)(H,35,40)(H2,41,42,43). The third-order valence-electron chi connectivity index (χ3n) is 7.14. The highest BCUT2D eigenvalue weighted by molar-refractivity contribution is 7.60. The Morgan fingerprint density at radius 1 is 1.00 bits per heavy atom. The Morgan fingerprint density at radius 3 is 2.38 bits per heavy atom. The molecular weight excluding hydrogens is 631 g/mol. The van der Waals surface area contributed by atoms with Gasteiger partial charge in [0, 0.05) is 11.3 Å². The Kier molecular flexibility index (Phi) is 14.0. The zero-order chi connectivity index (χ0) is 34.4. The first-order valence-electron chi connectivity index (χ1n) is 15.3. The smallest absolute Gasteiger partial charge is 0.436 e. The second-order valence-corrected chi connectivity index (χ2v) is 12.1. The van der Waals surface area contributed by atoms with Crippen molar-refractivity contribution in [3.8, 4) is 17.1 Å². The number of nitrogens with zero attached hydrogens (tertiary/aromatic N) is 1. The number of furan rings is 1. The molecule has 0 radical (unpaired) electrons. The minimum atomic E-state index is -4.60. The van der Waals surface area contributed by atoms with Crippen molar-refractivity contribution in [3.05, 3.63) is 66.4 Å². The van der Waals surface area contributed by atoms with E-state index >= 15 is 0 Å². The predicted molar refractivity (Wildman–Crippen MR) is 174 cm³/mol. The van der Waals surface area contributed by atoms with Crippen molar-refractivity contribution < 1.29 is 47.5 Å². The molecule has 0 spiro atoms. The van der Waals surface area contributed by atoms with Crippen LogP contribution in [0, 0.1) is 5.92 Å². The van der Waals surface area contributed by atoms with Crippen molar-refractivity contribution in [3.63, 3.8) is 0 Å². The molecule has 47 heavy (non-hydrogen) atoms. The number of nitrogens with one attached hydrogen (secondary N) is 3. The Labute approximate surface area is 272 Å². The maximum absolute atomic E-state index is 13.4. The summed E-state index contributed by atoms with van der Waals surface area (Å²) in [6.45, 7) is 5.51. The number of anilines is 1. The molecule has 1 heterocycles. The van der Waals surface area contributed by atoms with Gasteiger partial charge in [0.2, 0.25) is 12.3 Å². The zero-order valence-electron chi connectivity index (χ0n) is 26.5. The number of ether oxygens (including phenoxy) is 1. The van der Waals surface area contributed by atoms with E-state index in [1.54, 1.807) is 44.2 Å². The molecule has 4 amide bonds. The molecule has 0 fully saturated rings. The number of carbonyl (C=O) groups excluding carboxylic acids is 4. The van der Waals surface area contributed by atoms with Gasteiger partial charge in [-0.15, -0.1) is 0 Å². The lowest BCUT2D eigenvalue weighted by molar-refractivity contribution is -0.167. The van der Waals surface area contributed by atoms with E-state index in [1.807, 2.05) is 6.92 Å². The average molecular weight is 673 g/mol. The second kappa shape index (κ2) is 17.9. The molecule has 0 aliphatic heterocycles. The van der Waals surface area contributed by atoms with Gasteiger partial charge in [-0.1, -0.05) is 51.3 Å². The topological polar surface area (TPSA) is 197 Å². The number of carbonyl (C=O) groups is 4. The van der Waals surface area contributed by atoms with Crippen LogP contribution in [-0.4, -0.2) is 58.5 Å². The third-order valence-corrected chi connectivity index (χ3v) is 8.07. The highest BCUT2D eigenvalue weighted by Crippen LogP contribution is 2.37. The van der Waals surface area contributed by atoms with Crippen LogP contribution in [0.1, 0.15) is 63.4 Å². The van der Waals surface area contributed by atoms with Crippen LogP contribution < -0.4 is 26.0 Å². The van der Waals surface area contributed by atoms with E-state index in [-0.39, 0.29) is 35.9 Å². The first-order valence-corrected chi connectivity index (χ1v) is 16.9. The SMILES string of the molecule is CCCCCC(C(=O)NCNC(=O)c1ccc(-c2cc(OCC)cc(P(=O)(O)O)c2)o1)C(CC)N(C=O)OC(=O)Nc1ccccc1. The molecule has 254 valence electrons. The Morgan fingerprint density at radius 2 is 1.74 bits per heavy atom. The normalized spacial score (nSPS) is 12.4. The summed E-state index contributed by atoms with van der Waals surface area (Å²) in [5.41, 5.74) is 0.763. The van der Waals surface area contributed by atoms with E-state index in [0.29, 0.717) is 36.9 Å². The van der Waals surface area contributed by atoms with Crippen molar-refractivity contribution in [2.75, 3.05) is 18.6 Å². The average Bonchev–Trinajstić information content (AvgIpc) is 3.54. The summed E-state index contributed by atoms with van der Waals surface area (Å²) < 4.78 is 22.9. The van der Waals surface area contributed by atoms with Gasteiger partial charge in [0.05, 0.1) is 30.5 Å². The highest BCUT2D eigenvalue weighted by Gasteiger charge is 2.33. The van der Waals surface area contributed by atoms with Crippen LogP contribution in [0.25, 0.3) is 11.3 Å². The van der Waals surface area contributed by atoms with Crippen molar-refractivity contribution in [2.45, 2.75) is 58.9 Å². The molecule has 14 nitrogen and oxygen atoms in total. The van der Waals surface area contributed by atoms with E-state index < -0.39 is 37.5 Å². The summed E-state index contributed by atoms with van der Waals surface area (Å²) >= 11 is 0. The molecular formula is C32H41N4O10P. The monoisotopic (exact) mass is 672 g/mol. The maximum Gasteiger partial charge on any atom is 0.436 e. The van der Waals surface area contributed by atoms with Crippen LogP contribution in [0.5, 0.6) is 5.75 Å². The van der Waals surface area contributed by atoms with E-state index in [4.69, 9.17) is 14.0 Å². The molecule has 0 aliphatic carbocycles. The van der Waals surface area contributed by atoms with E-state index in [1.165, 1.54) is 30.3 Å². The summed E-state index contributed by atoms with van der Waals surface area (Å²) in [4.78, 5) is 75.3.